The number of hydrogen-bond acceptors (Lipinski definition) is 5. The number of nitrogens with two attached hydrogens (primary N) is 1. The van der Waals surface area contributed by atoms with E-state index in [1.165, 1.54) is 11.3 Å². The molecule has 0 radical (unpaired) electrons. The van der Waals surface area contributed by atoms with Gasteiger partial charge in [0.15, 0.2) is 4.96 Å². The summed E-state index contributed by atoms with van der Waals surface area (Å²) < 4.78 is 6.96. The molecule has 0 saturated heterocycles. The predicted octanol–water partition coefficient (Wildman–Crippen LogP) is 3.15. The SMILES string of the molecule is CCOC(=O)C(N)Cc1c(-c2ccc(Cl)cc2)nc2sccn12. The Bertz CT molecular complexity index is 826. The molecule has 0 aliphatic heterocycles. The third kappa shape index (κ3) is 3.24. The lowest BCUT2D eigenvalue weighted by Gasteiger charge is -2.11. The summed E-state index contributed by atoms with van der Waals surface area (Å²) in [7, 11) is 0. The van der Waals surface area contributed by atoms with E-state index in [0.29, 0.717) is 18.1 Å². The Morgan fingerprint density at radius 2 is 2.17 bits per heavy atom. The van der Waals surface area contributed by atoms with Crippen molar-refractivity contribution in [3.8, 4) is 11.3 Å². The van der Waals surface area contributed by atoms with Crippen LogP contribution < -0.4 is 5.73 Å². The van der Waals surface area contributed by atoms with Crippen molar-refractivity contribution < 1.29 is 9.53 Å². The summed E-state index contributed by atoms with van der Waals surface area (Å²) >= 11 is 7.49. The summed E-state index contributed by atoms with van der Waals surface area (Å²) in [6, 6.07) is 6.74. The molecule has 1 aromatic carbocycles. The zero-order valence-electron chi connectivity index (χ0n) is 12.5. The highest BCUT2D eigenvalue weighted by Crippen LogP contribution is 2.28. The number of ether oxygens (including phenoxy) is 1. The van der Waals surface area contributed by atoms with Crippen molar-refractivity contribution in [2.75, 3.05) is 6.61 Å². The third-order valence-electron chi connectivity index (χ3n) is 3.48. The number of hydrogen-bond donors (Lipinski definition) is 1. The number of benzene rings is 1. The molecule has 0 spiro atoms. The first-order valence-electron chi connectivity index (χ1n) is 7.22. The maximum absolute atomic E-state index is 11.8. The van der Waals surface area contributed by atoms with E-state index in [-0.39, 0.29) is 0 Å². The van der Waals surface area contributed by atoms with E-state index in [1.807, 2.05) is 40.2 Å². The van der Waals surface area contributed by atoms with Gasteiger partial charge in [-0.25, -0.2) is 4.98 Å². The minimum absolute atomic E-state index is 0.316. The quantitative estimate of drug-likeness (QED) is 0.718. The second-order valence-corrected chi connectivity index (χ2v) is 6.34. The monoisotopic (exact) mass is 349 g/mol. The fourth-order valence-electron chi connectivity index (χ4n) is 2.41. The first kappa shape index (κ1) is 16.0. The highest BCUT2D eigenvalue weighted by atomic mass is 35.5. The highest BCUT2D eigenvalue weighted by Gasteiger charge is 2.22. The Hall–Kier alpha value is -1.89. The predicted molar refractivity (Wildman–Crippen MR) is 91.8 cm³/mol. The molecule has 2 aromatic heterocycles. The summed E-state index contributed by atoms with van der Waals surface area (Å²) in [4.78, 5) is 17.4. The number of fused-ring (bicyclic) bond motifs is 1. The molecule has 120 valence electrons. The lowest BCUT2D eigenvalue weighted by Crippen LogP contribution is -2.34. The van der Waals surface area contributed by atoms with Crippen molar-refractivity contribution in [2.24, 2.45) is 5.73 Å². The van der Waals surface area contributed by atoms with Crippen LogP contribution >= 0.6 is 22.9 Å². The van der Waals surface area contributed by atoms with E-state index in [0.717, 1.165) is 21.9 Å². The maximum Gasteiger partial charge on any atom is 0.323 e. The lowest BCUT2D eigenvalue weighted by molar-refractivity contribution is -0.144. The molecule has 2 heterocycles. The number of carbonyl (C=O) groups excluding carboxylic acids is 1. The molecule has 23 heavy (non-hydrogen) atoms. The summed E-state index contributed by atoms with van der Waals surface area (Å²) in [5.41, 5.74) is 8.64. The van der Waals surface area contributed by atoms with E-state index in [9.17, 15) is 4.79 Å². The average Bonchev–Trinajstić information content (AvgIpc) is 3.11. The second kappa shape index (κ2) is 6.70. The van der Waals surface area contributed by atoms with E-state index in [2.05, 4.69) is 4.98 Å². The zero-order valence-corrected chi connectivity index (χ0v) is 14.1. The largest absolute Gasteiger partial charge is 0.465 e. The van der Waals surface area contributed by atoms with Crippen molar-refractivity contribution in [2.45, 2.75) is 19.4 Å². The van der Waals surface area contributed by atoms with Gasteiger partial charge in [-0.15, -0.1) is 11.3 Å². The van der Waals surface area contributed by atoms with Crippen LogP contribution in [0, 0.1) is 0 Å². The van der Waals surface area contributed by atoms with Crippen molar-refractivity contribution >= 4 is 33.9 Å². The van der Waals surface area contributed by atoms with Gasteiger partial charge in [0.1, 0.15) is 6.04 Å². The van der Waals surface area contributed by atoms with Gasteiger partial charge in [-0.2, -0.15) is 0 Å². The van der Waals surface area contributed by atoms with Gasteiger partial charge in [0.2, 0.25) is 0 Å². The van der Waals surface area contributed by atoms with Crippen molar-refractivity contribution in [3.05, 3.63) is 46.6 Å². The Morgan fingerprint density at radius 3 is 2.87 bits per heavy atom. The van der Waals surface area contributed by atoms with E-state index in [1.54, 1.807) is 6.92 Å². The molecule has 0 aliphatic rings. The average molecular weight is 350 g/mol. The van der Waals surface area contributed by atoms with Gasteiger partial charge >= 0.3 is 5.97 Å². The molecule has 1 atom stereocenters. The first-order valence-corrected chi connectivity index (χ1v) is 8.48. The van der Waals surface area contributed by atoms with Gasteiger partial charge in [-0.3, -0.25) is 9.20 Å². The van der Waals surface area contributed by atoms with Gasteiger partial charge in [0.25, 0.3) is 0 Å². The number of carbonyl (C=O) groups is 1. The molecular weight excluding hydrogens is 334 g/mol. The van der Waals surface area contributed by atoms with Gasteiger partial charge in [0, 0.05) is 28.6 Å². The van der Waals surface area contributed by atoms with Crippen molar-refractivity contribution in [1.82, 2.24) is 9.38 Å². The smallest absolute Gasteiger partial charge is 0.323 e. The van der Waals surface area contributed by atoms with Gasteiger partial charge < -0.3 is 10.5 Å². The number of rotatable bonds is 5. The Balaban J connectivity index is 2.00. The van der Waals surface area contributed by atoms with Crippen LogP contribution in [0.15, 0.2) is 35.8 Å². The van der Waals surface area contributed by atoms with E-state index >= 15 is 0 Å². The minimum atomic E-state index is -0.721. The molecule has 0 saturated carbocycles. The standard InChI is InChI=1S/C16H16ClN3O2S/c1-2-22-15(21)12(18)9-13-14(10-3-5-11(17)6-4-10)19-16-20(13)7-8-23-16/h3-8,12H,2,9,18H2,1H3. The lowest BCUT2D eigenvalue weighted by atomic mass is 10.1. The molecule has 5 nitrogen and oxygen atoms in total. The van der Waals surface area contributed by atoms with E-state index < -0.39 is 12.0 Å². The van der Waals surface area contributed by atoms with Crippen molar-refractivity contribution in [3.63, 3.8) is 0 Å². The summed E-state index contributed by atoms with van der Waals surface area (Å²) in [6.45, 7) is 2.08. The first-order chi connectivity index (χ1) is 11.1. The van der Waals surface area contributed by atoms with Gasteiger partial charge in [-0.1, -0.05) is 23.7 Å². The fraction of sp³-hybridized carbons (Fsp3) is 0.250. The third-order valence-corrected chi connectivity index (χ3v) is 4.49. The molecule has 0 aliphatic carbocycles. The van der Waals surface area contributed by atoms with Crippen LogP contribution in [0.1, 0.15) is 12.6 Å². The summed E-state index contributed by atoms with van der Waals surface area (Å²) in [5.74, 6) is -0.403. The number of aromatic nitrogens is 2. The molecular formula is C16H16ClN3O2S. The summed E-state index contributed by atoms with van der Waals surface area (Å²) in [6.07, 6.45) is 2.29. The van der Waals surface area contributed by atoms with Crippen LogP contribution in [0.25, 0.3) is 16.2 Å². The zero-order chi connectivity index (χ0) is 16.4. The van der Waals surface area contributed by atoms with Crippen LogP contribution in [-0.4, -0.2) is 28.0 Å². The molecule has 0 amide bonds. The number of imidazole rings is 1. The minimum Gasteiger partial charge on any atom is -0.465 e. The second-order valence-electron chi connectivity index (χ2n) is 5.03. The Kier molecular flexibility index (Phi) is 4.66. The molecule has 7 heteroatoms. The molecule has 2 N–H and O–H groups in total. The molecule has 0 fully saturated rings. The molecule has 3 aromatic rings. The van der Waals surface area contributed by atoms with E-state index in [4.69, 9.17) is 22.1 Å². The number of nitrogens with zero attached hydrogens (tertiary/aromatic N) is 2. The number of esters is 1. The van der Waals surface area contributed by atoms with Gasteiger partial charge in [0.05, 0.1) is 18.0 Å². The Morgan fingerprint density at radius 1 is 1.43 bits per heavy atom. The van der Waals surface area contributed by atoms with Gasteiger partial charge in [-0.05, 0) is 19.1 Å². The highest BCUT2D eigenvalue weighted by molar-refractivity contribution is 7.15. The van der Waals surface area contributed by atoms with Crippen LogP contribution in [0.2, 0.25) is 5.02 Å². The van der Waals surface area contributed by atoms with Crippen LogP contribution in [0.5, 0.6) is 0 Å². The Labute approximate surface area is 142 Å². The molecule has 0 bridgehead atoms. The molecule has 1 unspecified atom stereocenters. The van der Waals surface area contributed by atoms with Crippen molar-refractivity contribution in [1.29, 1.82) is 0 Å². The maximum atomic E-state index is 11.8. The fourth-order valence-corrected chi connectivity index (χ4v) is 3.27. The topological polar surface area (TPSA) is 69.6 Å². The normalized spacial score (nSPS) is 12.5. The van der Waals surface area contributed by atoms with Crippen LogP contribution in [0.3, 0.4) is 0 Å². The van der Waals surface area contributed by atoms with Crippen LogP contribution in [0.4, 0.5) is 0 Å². The summed E-state index contributed by atoms with van der Waals surface area (Å²) in [5, 5.41) is 2.62. The molecule has 3 rings (SSSR count). The number of halogens is 1. The van der Waals surface area contributed by atoms with Crippen LogP contribution in [-0.2, 0) is 16.0 Å². The number of thiazole rings is 1.